The predicted octanol–water partition coefficient (Wildman–Crippen LogP) is 2.18. The number of nitro groups is 1. The van der Waals surface area contributed by atoms with Gasteiger partial charge < -0.3 is 11.1 Å². The van der Waals surface area contributed by atoms with Gasteiger partial charge in [0.1, 0.15) is 5.56 Å². The van der Waals surface area contributed by atoms with Gasteiger partial charge in [0.05, 0.1) is 11.3 Å². The standard InChI is InChI=1S/C16H15N3O4/c1-10-3-2-4-13(15(10)19(22)23)16(21)18-12-7-5-11(6-8-12)9-14(17)20/h2-8H,9H2,1H3,(H2,17,20)(H,18,21). The van der Waals surface area contributed by atoms with E-state index in [9.17, 15) is 19.7 Å². The fourth-order valence-electron chi connectivity index (χ4n) is 2.19. The molecule has 2 rings (SSSR count). The summed E-state index contributed by atoms with van der Waals surface area (Å²) < 4.78 is 0. The highest BCUT2D eigenvalue weighted by atomic mass is 16.6. The molecular weight excluding hydrogens is 298 g/mol. The normalized spacial score (nSPS) is 10.1. The number of nitro benzene ring substituents is 1. The number of aryl methyl sites for hydroxylation is 1. The minimum atomic E-state index is -0.569. The number of carbonyl (C=O) groups is 2. The summed E-state index contributed by atoms with van der Waals surface area (Å²) in [7, 11) is 0. The number of nitrogens with two attached hydrogens (primary N) is 1. The van der Waals surface area contributed by atoms with E-state index < -0.39 is 16.7 Å². The van der Waals surface area contributed by atoms with E-state index in [4.69, 9.17) is 5.73 Å². The number of primary amides is 1. The van der Waals surface area contributed by atoms with Crippen molar-refractivity contribution in [2.24, 2.45) is 5.73 Å². The number of carbonyl (C=O) groups excluding carboxylic acids is 2. The molecular formula is C16H15N3O4. The Hall–Kier alpha value is -3.22. The van der Waals surface area contributed by atoms with Crippen LogP contribution in [0.5, 0.6) is 0 Å². The number of anilines is 1. The minimum absolute atomic E-state index is 0.00351. The third kappa shape index (κ3) is 3.91. The highest BCUT2D eigenvalue weighted by Gasteiger charge is 2.22. The van der Waals surface area contributed by atoms with Crippen molar-refractivity contribution in [1.29, 1.82) is 0 Å². The van der Waals surface area contributed by atoms with Crippen LogP contribution in [0.3, 0.4) is 0 Å². The maximum Gasteiger partial charge on any atom is 0.285 e. The molecule has 0 unspecified atom stereocenters. The van der Waals surface area contributed by atoms with E-state index in [0.29, 0.717) is 11.3 Å². The SMILES string of the molecule is Cc1cccc(C(=O)Nc2ccc(CC(N)=O)cc2)c1[N+](=O)[O-]. The van der Waals surface area contributed by atoms with Crippen LogP contribution in [0.25, 0.3) is 0 Å². The number of para-hydroxylation sites is 1. The van der Waals surface area contributed by atoms with E-state index in [1.54, 1.807) is 43.3 Å². The van der Waals surface area contributed by atoms with Crippen LogP contribution in [0.15, 0.2) is 42.5 Å². The molecule has 0 aromatic heterocycles. The summed E-state index contributed by atoms with van der Waals surface area (Å²) >= 11 is 0. The molecule has 2 amide bonds. The largest absolute Gasteiger partial charge is 0.369 e. The zero-order valence-corrected chi connectivity index (χ0v) is 12.4. The van der Waals surface area contributed by atoms with Gasteiger partial charge in [-0.05, 0) is 30.7 Å². The average Bonchev–Trinajstić information content (AvgIpc) is 2.48. The molecule has 23 heavy (non-hydrogen) atoms. The van der Waals surface area contributed by atoms with Crippen molar-refractivity contribution in [2.75, 3.05) is 5.32 Å². The smallest absolute Gasteiger partial charge is 0.285 e. The van der Waals surface area contributed by atoms with Gasteiger partial charge in [-0.1, -0.05) is 24.3 Å². The first kappa shape index (κ1) is 16.2. The molecule has 0 saturated carbocycles. The number of hydrogen-bond donors (Lipinski definition) is 2. The zero-order chi connectivity index (χ0) is 17.0. The first-order valence-electron chi connectivity index (χ1n) is 6.81. The molecule has 0 saturated heterocycles. The molecule has 0 radical (unpaired) electrons. The van der Waals surface area contributed by atoms with Gasteiger partial charge in [-0.15, -0.1) is 0 Å². The maximum atomic E-state index is 12.3. The van der Waals surface area contributed by atoms with E-state index in [1.807, 2.05) is 0 Å². The second kappa shape index (κ2) is 6.69. The van der Waals surface area contributed by atoms with Crippen molar-refractivity contribution in [1.82, 2.24) is 0 Å². The fraction of sp³-hybridized carbons (Fsp3) is 0.125. The molecule has 0 aliphatic heterocycles. The molecule has 0 fully saturated rings. The molecule has 2 aromatic carbocycles. The first-order chi connectivity index (χ1) is 10.9. The van der Waals surface area contributed by atoms with Gasteiger partial charge in [-0.3, -0.25) is 19.7 Å². The van der Waals surface area contributed by atoms with Gasteiger partial charge in [0.25, 0.3) is 11.6 Å². The van der Waals surface area contributed by atoms with Crippen LogP contribution >= 0.6 is 0 Å². The van der Waals surface area contributed by atoms with Crippen molar-refractivity contribution in [3.05, 3.63) is 69.3 Å². The summed E-state index contributed by atoms with van der Waals surface area (Å²) in [6, 6.07) is 11.1. The van der Waals surface area contributed by atoms with Crippen molar-refractivity contribution in [3.8, 4) is 0 Å². The summed E-state index contributed by atoms with van der Waals surface area (Å²) in [5.74, 6) is -1.01. The van der Waals surface area contributed by atoms with Crippen molar-refractivity contribution in [2.45, 2.75) is 13.3 Å². The summed E-state index contributed by atoms with van der Waals surface area (Å²) in [5.41, 5.74) is 6.50. The van der Waals surface area contributed by atoms with Gasteiger partial charge in [0, 0.05) is 11.3 Å². The van der Waals surface area contributed by atoms with Crippen LogP contribution < -0.4 is 11.1 Å². The van der Waals surface area contributed by atoms with Crippen LogP contribution in [-0.2, 0) is 11.2 Å². The molecule has 118 valence electrons. The molecule has 7 nitrogen and oxygen atoms in total. The van der Waals surface area contributed by atoms with E-state index in [0.717, 1.165) is 5.56 Å². The van der Waals surface area contributed by atoms with E-state index >= 15 is 0 Å². The van der Waals surface area contributed by atoms with E-state index in [-0.39, 0.29) is 17.7 Å². The molecule has 3 N–H and O–H groups in total. The van der Waals surface area contributed by atoms with Gasteiger partial charge in [-0.25, -0.2) is 0 Å². The highest BCUT2D eigenvalue weighted by molar-refractivity contribution is 6.07. The minimum Gasteiger partial charge on any atom is -0.369 e. The second-order valence-electron chi connectivity index (χ2n) is 5.02. The van der Waals surface area contributed by atoms with Crippen LogP contribution in [-0.4, -0.2) is 16.7 Å². The topological polar surface area (TPSA) is 115 Å². The highest BCUT2D eigenvalue weighted by Crippen LogP contribution is 2.24. The Kier molecular flexibility index (Phi) is 4.70. The van der Waals surface area contributed by atoms with Crippen molar-refractivity contribution in [3.63, 3.8) is 0 Å². The summed E-state index contributed by atoms with van der Waals surface area (Å²) in [6.07, 6.45) is 0.109. The zero-order valence-electron chi connectivity index (χ0n) is 12.4. The summed E-state index contributed by atoms with van der Waals surface area (Å²) in [6.45, 7) is 1.58. The molecule has 0 heterocycles. The first-order valence-corrected chi connectivity index (χ1v) is 6.81. The Morgan fingerprint density at radius 2 is 1.83 bits per heavy atom. The van der Waals surface area contributed by atoms with Crippen molar-refractivity contribution >= 4 is 23.2 Å². The Labute approximate surface area is 132 Å². The number of nitrogens with one attached hydrogen (secondary N) is 1. The quantitative estimate of drug-likeness (QED) is 0.650. The average molecular weight is 313 g/mol. The molecule has 7 heteroatoms. The second-order valence-corrected chi connectivity index (χ2v) is 5.02. The van der Waals surface area contributed by atoms with Gasteiger partial charge in [0.2, 0.25) is 5.91 Å². The lowest BCUT2D eigenvalue weighted by atomic mass is 10.1. The molecule has 0 bridgehead atoms. The Morgan fingerprint density at radius 3 is 2.39 bits per heavy atom. The lowest BCUT2D eigenvalue weighted by Gasteiger charge is -2.08. The van der Waals surface area contributed by atoms with Crippen LogP contribution in [0, 0.1) is 17.0 Å². The number of hydrogen-bond acceptors (Lipinski definition) is 4. The van der Waals surface area contributed by atoms with Gasteiger partial charge in [0.15, 0.2) is 0 Å². The Morgan fingerprint density at radius 1 is 1.17 bits per heavy atom. The maximum absolute atomic E-state index is 12.3. The lowest BCUT2D eigenvalue weighted by Crippen LogP contribution is -2.15. The third-order valence-corrected chi connectivity index (χ3v) is 3.26. The van der Waals surface area contributed by atoms with Crippen LogP contribution in [0.2, 0.25) is 0 Å². The number of benzene rings is 2. The van der Waals surface area contributed by atoms with E-state index in [2.05, 4.69) is 5.32 Å². The molecule has 0 atom stereocenters. The van der Waals surface area contributed by atoms with Crippen LogP contribution in [0.1, 0.15) is 21.5 Å². The van der Waals surface area contributed by atoms with Crippen molar-refractivity contribution < 1.29 is 14.5 Å². The van der Waals surface area contributed by atoms with Gasteiger partial charge >= 0.3 is 0 Å². The fourth-order valence-corrected chi connectivity index (χ4v) is 2.19. The molecule has 0 aliphatic rings. The number of amides is 2. The third-order valence-electron chi connectivity index (χ3n) is 3.26. The van der Waals surface area contributed by atoms with Crippen LogP contribution in [0.4, 0.5) is 11.4 Å². The van der Waals surface area contributed by atoms with E-state index in [1.165, 1.54) is 6.07 Å². The van der Waals surface area contributed by atoms with Gasteiger partial charge in [-0.2, -0.15) is 0 Å². The molecule has 0 aliphatic carbocycles. The lowest BCUT2D eigenvalue weighted by molar-refractivity contribution is -0.385. The summed E-state index contributed by atoms with van der Waals surface area (Å²) in [5, 5.41) is 13.7. The number of rotatable bonds is 5. The predicted molar refractivity (Wildman–Crippen MR) is 85.1 cm³/mol. The molecule has 2 aromatic rings. The Bertz CT molecular complexity index is 769. The Balaban J connectivity index is 2.21. The molecule has 0 spiro atoms. The summed E-state index contributed by atoms with van der Waals surface area (Å²) in [4.78, 5) is 33.7. The monoisotopic (exact) mass is 313 g/mol. The number of nitrogens with zero attached hydrogens (tertiary/aromatic N) is 1.